The third kappa shape index (κ3) is 7.50. The summed E-state index contributed by atoms with van der Waals surface area (Å²) in [4.78, 5) is 17.2. The summed E-state index contributed by atoms with van der Waals surface area (Å²) in [5, 5.41) is 4.10. The first kappa shape index (κ1) is 25.1. The van der Waals surface area contributed by atoms with Gasteiger partial charge in [0.15, 0.2) is 5.16 Å². The van der Waals surface area contributed by atoms with Gasteiger partial charge in [0.25, 0.3) is 0 Å². The molecular weight excluding hydrogens is 426 g/mol. The van der Waals surface area contributed by atoms with Crippen molar-refractivity contribution < 1.29 is 4.79 Å². The number of imidazole rings is 1. The molecule has 3 rings (SSSR count). The van der Waals surface area contributed by atoms with Gasteiger partial charge in [0.1, 0.15) is 0 Å². The number of amides is 1. The molecule has 0 aliphatic rings. The van der Waals surface area contributed by atoms with Crippen LogP contribution in [-0.2, 0) is 11.3 Å². The minimum Gasteiger partial charge on any atom is -0.355 e. The predicted octanol–water partition coefficient (Wildman–Crippen LogP) is 7.20. The summed E-state index contributed by atoms with van der Waals surface area (Å²) in [6.07, 6.45) is 7.53. The lowest BCUT2D eigenvalue weighted by Gasteiger charge is -2.12. The Balaban J connectivity index is 1.69. The van der Waals surface area contributed by atoms with Crippen molar-refractivity contribution in [3.63, 3.8) is 0 Å². The molecule has 0 saturated carbocycles. The standard InChI is InChI=1S/C28H37N3OS/c1-3-5-6-7-14-19-25(32)29-20-22-33-28-30-26(23-15-10-8-11-16-23)27(31(28)21-4-2)24-17-12-9-13-18-24/h8-13,15-18H,3-7,14,19-22H2,1-2H3,(H,29,32). The second-order valence-electron chi connectivity index (χ2n) is 8.34. The van der Waals surface area contributed by atoms with E-state index in [1.807, 2.05) is 12.1 Å². The van der Waals surface area contributed by atoms with Crippen LogP contribution in [-0.4, -0.2) is 27.8 Å². The molecule has 4 nitrogen and oxygen atoms in total. The molecule has 5 heteroatoms. The summed E-state index contributed by atoms with van der Waals surface area (Å²) >= 11 is 1.73. The Hall–Kier alpha value is -2.53. The number of hydrogen-bond donors (Lipinski definition) is 1. The molecule has 0 unspecified atom stereocenters. The van der Waals surface area contributed by atoms with Crippen LogP contribution < -0.4 is 5.32 Å². The van der Waals surface area contributed by atoms with Gasteiger partial charge in [-0.1, -0.05) is 112 Å². The topological polar surface area (TPSA) is 46.9 Å². The Kier molecular flexibility index (Phi) is 10.6. The van der Waals surface area contributed by atoms with E-state index in [9.17, 15) is 4.79 Å². The van der Waals surface area contributed by atoms with Gasteiger partial charge < -0.3 is 9.88 Å². The van der Waals surface area contributed by atoms with Crippen LogP contribution in [0.5, 0.6) is 0 Å². The first-order chi connectivity index (χ1) is 16.2. The van der Waals surface area contributed by atoms with Crippen molar-refractivity contribution in [1.29, 1.82) is 0 Å². The second kappa shape index (κ2) is 13.9. The molecule has 0 aliphatic carbocycles. The van der Waals surface area contributed by atoms with Gasteiger partial charge in [0, 0.05) is 36.4 Å². The molecule has 1 heterocycles. The summed E-state index contributed by atoms with van der Waals surface area (Å²) in [6, 6.07) is 20.9. The van der Waals surface area contributed by atoms with Gasteiger partial charge in [-0.2, -0.15) is 0 Å². The fraction of sp³-hybridized carbons (Fsp3) is 0.429. The van der Waals surface area contributed by atoms with Crippen LogP contribution in [0.1, 0.15) is 58.8 Å². The molecule has 0 aliphatic heterocycles. The van der Waals surface area contributed by atoms with E-state index in [0.29, 0.717) is 13.0 Å². The van der Waals surface area contributed by atoms with Gasteiger partial charge in [-0.3, -0.25) is 4.79 Å². The molecule has 2 aromatic carbocycles. The maximum atomic E-state index is 12.1. The fourth-order valence-corrected chi connectivity index (χ4v) is 4.85. The average molecular weight is 464 g/mol. The molecule has 33 heavy (non-hydrogen) atoms. The maximum Gasteiger partial charge on any atom is 0.220 e. The molecule has 0 fully saturated rings. The highest BCUT2D eigenvalue weighted by Gasteiger charge is 2.19. The number of benzene rings is 2. The lowest BCUT2D eigenvalue weighted by molar-refractivity contribution is -0.121. The molecule has 0 saturated heterocycles. The SMILES string of the molecule is CCCCCCCC(=O)NCCSc1nc(-c2ccccc2)c(-c2ccccc2)n1CCC. The highest BCUT2D eigenvalue weighted by atomic mass is 32.2. The summed E-state index contributed by atoms with van der Waals surface area (Å²) in [7, 11) is 0. The van der Waals surface area contributed by atoms with Crippen LogP contribution in [0.25, 0.3) is 22.5 Å². The highest BCUT2D eigenvalue weighted by Crippen LogP contribution is 2.36. The Bertz CT molecular complexity index is 970. The Morgan fingerprint density at radius 1 is 0.879 bits per heavy atom. The second-order valence-corrected chi connectivity index (χ2v) is 9.40. The van der Waals surface area contributed by atoms with E-state index in [1.165, 1.54) is 30.5 Å². The number of unbranched alkanes of at least 4 members (excludes halogenated alkanes) is 4. The molecular formula is C28H37N3OS. The van der Waals surface area contributed by atoms with Gasteiger partial charge in [-0.15, -0.1) is 0 Å². The molecule has 0 bridgehead atoms. The first-order valence-corrected chi connectivity index (χ1v) is 13.3. The maximum absolute atomic E-state index is 12.1. The summed E-state index contributed by atoms with van der Waals surface area (Å²) in [6.45, 7) is 5.99. The highest BCUT2D eigenvalue weighted by molar-refractivity contribution is 7.99. The van der Waals surface area contributed by atoms with Crippen molar-refractivity contribution in [2.24, 2.45) is 0 Å². The van der Waals surface area contributed by atoms with Crippen LogP contribution in [0.4, 0.5) is 0 Å². The van der Waals surface area contributed by atoms with Crippen molar-refractivity contribution in [2.75, 3.05) is 12.3 Å². The van der Waals surface area contributed by atoms with Crippen molar-refractivity contribution >= 4 is 17.7 Å². The lowest BCUT2D eigenvalue weighted by atomic mass is 10.0. The van der Waals surface area contributed by atoms with E-state index in [2.05, 4.69) is 72.3 Å². The van der Waals surface area contributed by atoms with Crippen LogP contribution in [0.2, 0.25) is 0 Å². The smallest absolute Gasteiger partial charge is 0.220 e. The number of nitrogens with one attached hydrogen (secondary N) is 1. The summed E-state index contributed by atoms with van der Waals surface area (Å²) < 4.78 is 2.35. The van der Waals surface area contributed by atoms with E-state index in [0.717, 1.165) is 48.0 Å². The number of carbonyl (C=O) groups excluding carboxylic acids is 1. The number of thioether (sulfide) groups is 1. The molecule has 0 radical (unpaired) electrons. The minimum absolute atomic E-state index is 0.166. The first-order valence-electron chi connectivity index (χ1n) is 12.4. The third-order valence-corrected chi connectivity index (χ3v) is 6.62. The van der Waals surface area contributed by atoms with Gasteiger partial charge in [0.2, 0.25) is 5.91 Å². The van der Waals surface area contributed by atoms with Crippen LogP contribution in [0, 0.1) is 0 Å². The number of nitrogens with zero attached hydrogens (tertiary/aromatic N) is 2. The van der Waals surface area contributed by atoms with Crippen molar-refractivity contribution in [1.82, 2.24) is 14.9 Å². The quantitative estimate of drug-likeness (QED) is 0.203. The molecule has 1 amide bonds. The third-order valence-electron chi connectivity index (χ3n) is 5.64. The zero-order chi connectivity index (χ0) is 23.3. The van der Waals surface area contributed by atoms with Gasteiger partial charge >= 0.3 is 0 Å². The van der Waals surface area contributed by atoms with Crippen molar-refractivity contribution in [3.05, 3.63) is 60.7 Å². The van der Waals surface area contributed by atoms with Crippen LogP contribution >= 0.6 is 11.8 Å². The van der Waals surface area contributed by atoms with E-state index >= 15 is 0 Å². The molecule has 176 valence electrons. The van der Waals surface area contributed by atoms with Gasteiger partial charge in [-0.25, -0.2) is 4.98 Å². The Morgan fingerprint density at radius 3 is 2.21 bits per heavy atom. The normalized spacial score (nSPS) is 11.0. The van der Waals surface area contributed by atoms with Gasteiger partial charge in [0.05, 0.1) is 11.4 Å². The van der Waals surface area contributed by atoms with E-state index in [1.54, 1.807) is 11.8 Å². The predicted molar refractivity (Wildman–Crippen MR) is 140 cm³/mol. The zero-order valence-electron chi connectivity index (χ0n) is 20.1. The number of carbonyl (C=O) groups is 1. The van der Waals surface area contributed by atoms with Gasteiger partial charge in [-0.05, 0) is 12.8 Å². The lowest BCUT2D eigenvalue weighted by Crippen LogP contribution is -2.25. The monoisotopic (exact) mass is 463 g/mol. The van der Waals surface area contributed by atoms with E-state index in [-0.39, 0.29) is 5.91 Å². The van der Waals surface area contributed by atoms with Crippen LogP contribution in [0.3, 0.4) is 0 Å². The van der Waals surface area contributed by atoms with E-state index < -0.39 is 0 Å². The fourth-order valence-electron chi connectivity index (χ4n) is 3.97. The molecule has 3 aromatic rings. The van der Waals surface area contributed by atoms with Crippen LogP contribution in [0.15, 0.2) is 65.8 Å². The summed E-state index contributed by atoms with van der Waals surface area (Å²) in [5.74, 6) is 0.976. The Morgan fingerprint density at radius 2 is 1.55 bits per heavy atom. The number of aromatic nitrogens is 2. The Labute approximate surface area is 203 Å². The van der Waals surface area contributed by atoms with Crippen molar-refractivity contribution in [3.8, 4) is 22.5 Å². The summed E-state index contributed by atoms with van der Waals surface area (Å²) in [5.41, 5.74) is 4.50. The molecule has 0 spiro atoms. The minimum atomic E-state index is 0.166. The largest absolute Gasteiger partial charge is 0.355 e. The number of rotatable bonds is 14. The van der Waals surface area contributed by atoms with E-state index in [4.69, 9.17) is 4.98 Å². The molecule has 1 N–H and O–H groups in total. The molecule has 0 atom stereocenters. The zero-order valence-corrected chi connectivity index (χ0v) is 20.9. The van der Waals surface area contributed by atoms with Crippen molar-refractivity contribution in [2.45, 2.75) is 70.5 Å². The molecule has 1 aromatic heterocycles. The average Bonchev–Trinajstić information content (AvgIpc) is 3.21. The number of hydrogen-bond acceptors (Lipinski definition) is 3.